The molecule has 0 fully saturated rings. The van der Waals surface area contributed by atoms with E-state index < -0.39 is 12.3 Å². The topological polar surface area (TPSA) is 89.5 Å². The molecule has 0 aromatic heterocycles. The van der Waals surface area contributed by atoms with Crippen LogP contribution in [0.2, 0.25) is 0 Å². The van der Waals surface area contributed by atoms with Crippen LogP contribution in [0.5, 0.6) is 0 Å². The maximum Gasteiger partial charge on any atom is 0.513 e. The molecular formula is C13H20O8. The molecular weight excluding hydrogens is 284 g/mol. The summed E-state index contributed by atoms with van der Waals surface area (Å²) in [5.74, 6) is 0. The fraction of sp³-hybridized carbons (Fsp3) is 0.538. The van der Waals surface area contributed by atoms with E-state index in [1.807, 2.05) is 0 Å². The first-order valence-electron chi connectivity index (χ1n) is 6.18. The van der Waals surface area contributed by atoms with Crippen LogP contribution in [-0.4, -0.2) is 51.4 Å². The van der Waals surface area contributed by atoms with E-state index in [4.69, 9.17) is 9.47 Å². The molecule has 21 heavy (non-hydrogen) atoms. The molecule has 0 aromatic rings. The molecule has 1 unspecified atom stereocenters. The number of ether oxygens (including phenoxy) is 6. The highest BCUT2D eigenvalue weighted by atomic mass is 16.7. The van der Waals surface area contributed by atoms with E-state index in [1.165, 1.54) is 0 Å². The average molecular weight is 304 g/mol. The highest BCUT2D eigenvalue weighted by Gasteiger charge is 2.05. The predicted molar refractivity (Wildman–Crippen MR) is 71.5 cm³/mol. The summed E-state index contributed by atoms with van der Waals surface area (Å²) in [6.45, 7) is 9.06. The minimum absolute atomic E-state index is 0.0630. The van der Waals surface area contributed by atoms with Crippen LogP contribution in [0.25, 0.3) is 0 Å². The summed E-state index contributed by atoms with van der Waals surface area (Å²) >= 11 is 0. The first-order valence-corrected chi connectivity index (χ1v) is 6.18. The summed E-state index contributed by atoms with van der Waals surface area (Å²) in [5.41, 5.74) is 0. The van der Waals surface area contributed by atoms with Crippen molar-refractivity contribution in [3.05, 3.63) is 25.7 Å². The van der Waals surface area contributed by atoms with Crippen LogP contribution in [0, 0.1) is 0 Å². The Balaban J connectivity index is 3.40. The number of carbonyl (C=O) groups excluding carboxylic acids is 2. The number of rotatable bonds is 11. The molecule has 0 aliphatic carbocycles. The first kappa shape index (κ1) is 18.9. The van der Waals surface area contributed by atoms with Crippen molar-refractivity contribution in [1.29, 1.82) is 0 Å². The third kappa shape index (κ3) is 12.7. The Kier molecular flexibility index (Phi) is 11.7. The van der Waals surface area contributed by atoms with Gasteiger partial charge in [-0.3, -0.25) is 0 Å². The van der Waals surface area contributed by atoms with Gasteiger partial charge in [-0.05, 0) is 6.92 Å². The van der Waals surface area contributed by atoms with Crippen LogP contribution in [-0.2, 0) is 28.4 Å². The third-order valence-corrected chi connectivity index (χ3v) is 1.86. The van der Waals surface area contributed by atoms with Gasteiger partial charge in [0, 0.05) is 0 Å². The van der Waals surface area contributed by atoms with Gasteiger partial charge in [-0.2, -0.15) is 0 Å². The van der Waals surface area contributed by atoms with Crippen molar-refractivity contribution in [2.75, 3.05) is 33.0 Å². The van der Waals surface area contributed by atoms with E-state index in [0.717, 1.165) is 12.5 Å². The van der Waals surface area contributed by atoms with Crippen molar-refractivity contribution < 1.29 is 38.0 Å². The van der Waals surface area contributed by atoms with E-state index >= 15 is 0 Å². The Hall–Kier alpha value is -2.06. The van der Waals surface area contributed by atoms with Crippen LogP contribution >= 0.6 is 0 Å². The minimum atomic E-state index is -0.832. The molecule has 0 saturated carbocycles. The fourth-order valence-corrected chi connectivity index (χ4v) is 1.06. The van der Waals surface area contributed by atoms with E-state index in [9.17, 15) is 9.59 Å². The minimum Gasteiger partial charge on any atom is -0.432 e. The highest BCUT2D eigenvalue weighted by molar-refractivity contribution is 5.60. The zero-order valence-corrected chi connectivity index (χ0v) is 11.9. The number of hydrogen-bond acceptors (Lipinski definition) is 8. The zero-order valence-electron chi connectivity index (χ0n) is 11.9. The van der Waals surface area contributed by atoms with Crippen LogP contribution in [0.1, 0.15) is 6.92 Å². The van der Waals surface area contributed by atoms with Crippen molar-refractivity contribution >= 4 is 12.3 Å². The molecule has 120 valence electrons. The van der Waals surface area contributed by atoms with Crippen LogP contribution in [0.4, 0.5) is 9.59 Å². The summed E-state index contributed by atoms with van der Waals surface area (Å²) < 4.78 is 28.5. The van der Waals surface area contributed by atoms with E-state index in [-0.39, 0.29) is 32.5 Å². The van der Waals surface area contributed by atoms with E-state index in [0.29, 0.717) is 6.61 Å². The third-order valence-electron chi connectivity index (χ3n) is 1.86. The Morgan fingerprint density at radius 2 is 1.48 bits per heavy atom. The first-order chi connectivity index (χ1) is 10.1. The summed E-state index contributed by atoms with van der Waals surface area (Å²) in [5, 5.41) is 0. The molecule has 0 aliphatic heterocycles. The fourth-order valence-electron chi connectivity index (χ4n) is 1.06. The van der Waals surface area contributed by atoms with Gasteiger partial charge >= 0.3 is 12.3 Å². The van der Waals surface area contributed by atoms with E-state index in [2.05, 4.69) is 32.1 Å². The smallest absolute Gasteiger partial charge is 0.432 e. The molecule has 0 spiro atoms. The number of hydrogen-bond donors (Lipinski definition) is 0. The average Bonchev–Trinajstić information content (AvgIpc) is 2.44. The molecule has 0 saturated heterocycles. The lowest BCUT2D eigenvalue weighted by molar-refractivity contribution is -0.0338. The van der Waals surface area contributed by atoms with Gasteiger partial charge < -0.3 is 28.4 Å². The zero-order chi connectivity index (χ0) is 15.9. The lowest BCUT2D eigenvalue weighted by Crippen LogP contribution is -2.21. The van der Waals surface area contributed by atoms with Crippen molar-refractivity contribution in [3.63, 3.8) is 0 Å². The monoisotopic (exact) mass is 304 g/mol. The maximum atomic E-state index is 10.8. The molecule has 0 rings (SSSR count). The highest BCUT2D eigenvalue weighted by Crippen LogP contribution is 1.94. The van der Waals surface area contributed by atoms with Crippen LogP contribution in [0.15, 0.2) is 25.7 Å². The summed E-state index contributed by atoms with van der Waals surface area (Å²) in [7, 11) is 0. The Labute approximate surface area is 123 Å². The van der Waals surface area contributed by atoms with Gasteiger partial charge in [0.1, 0.15) is 13.2 Å². The van der Waals surface area contributed by atoms with Crippen molar-refractivity contribution in [3.8, 4) is 0 Å². The molecule has 8 heteroatoms. The molecule has 1 atom stereocenters. The van der Waals surface area contributed by atoms with Gasteiger partial charge in [0.25, 0.3) is 0 Å². The second kappa shape index (κ2) is 12.9. The van der Waals surface area contributed by atoms with E-state index in [1.54, 1.807) is 6.92 Å². The largest absolute Gasteiger partial charge is 0.513 e. The van der Waals surface area contributed by atoms with Gasteiger partial charge in [0.15, 0.2) is 0 Å². The molecule has 0 amide bonds. The van der Waals surface area contributed by atoms with Crippen LogP contribution in [0.3, 0.4) is 0 Å². The molecule has 0 radical (unpaired) electrons. The number of carbonyl (C=O) groups is 2. The Morgan fingerprint density at radius 1 is 0.952 bits per heavy atom. The lowest BCUT2D eigenvalue weighted by Gasteiger charge is -2.13. The van der Waals surface area contributed by atoms with Gasteiger partial charge in [-0.25, -0.2) is 9.59 Å². The standard InChI is InChI=1S/C13H20O8/c1-4-17-12(14)20-7-6-16-10-11(3)19-8-9-21-13(15)18-5-2/h4-5,11H,1-2,6-10H2,3H3. The molecule has 0 heterocycles. The lowest BCUT2D eigenvalue weighted by atomic mass is 10.4. The maximum absolute atomic E-state index is 10.8. The molecule has 0 aromatic carbocycles. The molecule has 8 nitrogen and oxygen atoms in total. The van der Waals surface area contributed by atoms with Crippen molar-refractivity contribution in [1.82, 2.24) is 0 Å². The SMILES string of the molecule is C=COC(=O)OCCOCC(C)OCCOC(=O)OC=C. The second-order valence-electron chi connectivity index (χ2n) is 3.52. The van der Waals surface area contributed by atoms with Gasteiger partial charge in [0.2, 0.25) is 0 Å². The molecule has 0 aliphatic rings. The van der Waals surface area contributed by atoms with Gasteiger partial charge in [0.05, 0.1) is 38.4 Å². The normalized spacial score (nSPS) is 11.1. The Morgan fingerprint density at radius 3 is 2.00 bits per heavy atom. The van der Waals surface area contributed by atoms with Gasteiger partial charge in [-0.1, -0.05) is 13.2 Å². The van der Waals surface area contributed by atoms with Crippen LogP contribution < -0.4 is 0 Å². The summed E-state index contributed by atoms with van der Waals surface area (Å²) in [6, 6.07) is 0. The summed E-state index contributed by atoms with van der Waals surface area (Å²) in [4.78, 5) is 21.5. The summed E-state index contributed by atoms with van der Waals surface area (Å²) in [6.07, 6.45) is 0.0881. The Bertz CT molecular complexity index is 328. The van der Waals surface area contributed by atoms with Crippen molar-refractivity contribution in [2.24, 2.45) is 0 Å². The molecule has 0 bridgehead atoms. The molecule has 0 N–H and O–H groups in total. The van der Waals surface area contributed by atoms with Gasteiger partial charge in [-0.15, -0.1) is 0 Å². The quantitative estimate of drug-likeness (QED) is 0.325. The van der Waals surface area contributed by atoms with Crippen molar-refractivity contribution in [2.45, 2.75) is 13.0 Å². The second-order valence-corrected chi connectivity index (χ2v) is 3.52. The predicted octanol–water partition coefficient (Wildman–Crippen LogP) is 2.00.